The van der Waals surface area contributed by atoms with Crippen LogP contribution in [0.4, 0.5) is 19.4 Å². The predicted octanol–water partition coefficient (Wildman–Crippen LogP) is 3.51. The molecule has 8 heteroatoms. The van der Waals surface area contributed by atoms with Gasteiger partial charge in [0.1, 0.15) is 0 Å². The molecular formula is C14H10F2N2O3S. The number of hydrogen-bond acceptors (Lipinski definition) is 5. The summed E-state index contributed by atoms with van der Waals surface area (Å²) in [5.74, 6) is -2.38. The number of thioether (sulfide) groups is 1. The van der Waals surface area contributed by atoms with E-state index in [0.29, 0.717) is 0 Å². The maximum Gasteiger partial charge on any atom is 0.287 e. The normalized spacial score (nSPS) is 24.3. The first-order valence-electron chi connectivity index (χ1n) is 6.84. The molecule has 0 radical (unpaired) electrons. The van der Waals surface area contributed by atoms with E-state index in [1.165, 1.54) is 22.7 Å². The van der Waals surface area contributed by atoms with Crippen molar-refractivity contribution in [2.24, 2.45) is 0 Å². The van der Waals surface area contributed by atoms with Gasteiger partial charge in [-0.2, -0.15) is 4.39 Å². The van der Waals surface area contributed by atoms with Crippen LogP contribution in [0.3, 0.4) is 0 Å². The molecule has 1 saturated heterocycles. The number of carbonyl (C=O) groups excluding carboxylic acids is 2. The second-order valence-corrected chi connectivity index (χ2v) is 6.58. The number of halogens is 2. The van der Waals surface area contributed by atoms with Gasteiger partial charge in [0.25, 0.3) is 5.24 Å². The number of fused-ring (bicyclic) bond motifs is 2. The van der Waals surface area contributed by atoms with Gasteiger partial charge in [0.05, 0.1) is 17.0 Å². The molecule has 114 valence electrons. The van der Waals surface area contributed by atoms with Gasteiger partial charge in [0.15, 0.2) is 17.9 Å². The van der Waals surface area contributed by atoms with E-state index in [1.807, 2.05) is 0 Å². The fourth-order valence-corrected chi connectivity index (χ4v) is 4.48. The van der Waals surface area contributed by atoms with Crippen LogP contribution in [0.25, 0.3) is 11.0 Å². The topological polar surface area (TPSA) is 63.4 Å². The van der Waals surface area contributed by atoms with E-state index in [4.69, 9.17) is 4.52 Å². The summed E-state index contributed by atoms with van der Waals surface area (Å²) in [7, 11) is 0. The van der Waals surface area contributed by atoms with Crippen molar-refractivity contribution in [3.63, 3.8) is 0 Å². The highest BCUT2D eigenvalue weighted by molar-refractivity contribution is 8.14. The number of anilines is 1. The number of aromatic nitrogens is 1. The minimum Gasteiger partial charge on any atom is -0.351 e. The van der Waals surface area contributed by atoms with Crippen LogP contribution < -0.4 is 4.90 Å². The molecule has 0 spiro atoms. The Morgan fingerprint density at radius 2 is 2.18 bits per heavy atom. The van der Waals surface area contributed by atoms with Gasteiger partial charge >= 0.3 is 0 Å². The number of amides is 1. The number of benzene rings is 1. The first kappa shape index (κ1) is 13.7. The second kappa shape index (κ2) is 4.77. The van der Waals surface area contributed by atoms with Crippen molar-refractivity contribution in [2.45, 2.75) is 30.6 Å². The van der Waals surface area contributed by atoms with Gasteiger partial charge in [-0.3, -0.25) is 14.5 Å². The Kier molecular flexibility index (Phi) is 2.97. The summed E-state index contributed by atoms with van der Waals surface area (Å²) in [4.78, 5) is 24.6. The molecule has 1 aliphatic heterocycles. The number of rotatable bonds is 2. The Morgan fingerprint density at radius 3 is 2.95 bits per heavy atom. The summed E-state index contributed by atoms with van der Waals surface area (Å²) in [5.41, 5.74) is -0.797. The first-order valence-corrected chi connectivity index (χ1v) is 7.72. The van der Waals surface area contributed by atoms with E-state index in [1.54, 1.807) is 0 Å². The van der Waals surface area contributed by atoms with Crippen molar-refractivity contribution in [1.29, 1.82) is 0 Å². The van der Waals surface area contributed by atoms with Crippen LogP contribution in [0.15, 0.2) is 10.6 Å². The molecule has 1 amide bonds. The number of carbonyl (C=O) groups is 2. The van der Waals surface area contributed by atoms with Crippen molar-refractivity contribution in [3.8, 4) is 0 Å². The summed E-state index contributed by atoms with van der Waals surface area (Å²) in [6.45, 7) is 0. The number of nitrogens with zero attached hydrogens (tertiary/aromatic N) is 2. The number of aldehydes is 1. The molecule has 5 nitrogen and oxygen atoms in total. The highest BCUT2D eigenvalue weighted by atomic mass is 32.2. The standard InChI is InChI=1S/C14H10F2N2O3S/c15-10-6(5-19)4-7-12(11(10)16)21-17-13(7)18-8-2-1-3-9(8)22-14(18)20/h4-5,8-9H,1-3H2/t8-,9+/m0/s1. The van der Waals surface area contributed by atoms with Gasteiger partial charge in [-0.1, -0.05) is 23.3 Å². The van der Waals surface area contributed by atoms with Crippen LogP contribution in [-0.2, 0) is 0 Å². The monoisotopic (exact) mass is 324 g/mol. The molecule has 2 atom stereocenters. The Morgan fingerprint density at radius 1 is 1.36 bits per heavy atom. The van der Waals surface area contributed by atoms with Crippen LogP contribution >= 0.6 is 11.8 Å². The summed E-state index contributed by atoms with van der Waals surface area (Å²) >= 11 is 1.24. The molecule has 2 aromatic rings. The van der Waals surface area contributed by atoms with Gasteiger partial charge < -0.3 is 4.52 Å². The average molecular weight is 324 g/mol. The van der Waals surface area contributed by atoms with Crippen molar-refractivity contribution >= 4 is 40.1 Å². The predicted molar refractivity (Wildman–Crippen MR) is 76.2 cm³/mol. The molecule has 4 rings (SSSR count). The summed E-state index contributed by atoms with van der Waals surface area (Å²) in [5, 5.41) is 3.91. The van der Waals surface area contributed by atoms with E-state index in [-0.39, 0.29) is 39.6 Å². The molecule has 2 fully saturated rings. The van der Waals surface area contributed by atoms with Crippen LogP contribution in [-0.4, -0.2) is 28.0 Å². The van der Waals surface area contributed by atoms with E-state index < -0.39 is 17.2 Å². The minimum absolute atomic E-state index is 0.0152. The van der Waals surface area contributed by atoms with Crippen LogP contribution in [0.1, 0.15) is 29.6 Å². The third-order valence-electron chi connectivity index (χ3n) is 4.21. The molecular weight excluding hydrogens is 314 g/mol. The maximum absolute atomic E-state index is 13.9. The fraction of sp³-hybridized carbons (Fsp3) is 0.357. The second-order valence-electron chi connectivity index (χ2n) is 5.38. The zero-order chi connectivity index (χ0) is 15.4. The molecule has 2 heterocycles. The maximum atomic E-state index is 13.9. The third kappa shape index (κ3) is 1.73. The van der Waals surface area contributed by atoms with Crippen LogP contribution in [0, 0.1) is 11.6 Å². The summed E-state index contributed by atoms with van der Waals surface area (Å²) in [6.07, 6.45) is 3.01. The third-order valence-corrected chi connectivity index (χ3v) is 5.46. The molecule has 2 aliphatic rings. The Hall–Kier alpha value is -1.96. The Bertz CT molecular complexity index is 807. The molecule has 1 aliphatic carbocycles. The summed E-state index contributed by atoms with van der Waals surface area (Å²) in [6, 6.07) is 1.16. The zero-order valence-corrected chi connectivity index (χ0v) is 12.0. The van der Waals surface area contributed by atoms with Crippen molar-refractivity contribution in [3.05, 3.63) is 23.3 Å². The lowest BCUT2D eigenvalue weighted by Gasteiger charge is -2.19. The van der Waals surface area contributed by atoms with E-state index in [0.717, 1.165) is 19.3 Å². The average Bonchev–Trinajstić information content (AvgIpc) is 3.17. The van der Waals surface area contributed by atoms with Gasteiger partial charge in [-0.15, -0.1) is 0 Å². The van der Waals surface area contributed by atoms with Gasteiger partial charge in [-0.25, -0.2) is 4.39 Å². The molecule has 1 aromatic heterocycles. The first-order chi connectivity index (χ1) is 10.6. The fourth-order valence-electron chi connectivity index (χ4n) is 3.19. The van der Waals surface area contributed by atoms with E-state index in [9.17, 15) is 18.4 Å². The summed E-state index contributed by atoms with van der Waals surface area (Å²) < 4.78 is 32.5. The lowest BCUT2D eigenvalue weighted by molar-refractivity contribution is 0.111. The van der Waals surface area contributed by atoms with E-state index >= 15 is 0 Å². The SMILES string of the molecule is O=Cc1cc2c(N3C(=O)S[C@@H]4CCC[C@@H]43)noc2c(F)c1F. The lowest BCUT2D eigenvalue weighted by Crippen LogP contribution is -2.34. The number of hydrogen-bond donors (Lipinski definition) is 0. The smallest absolute Gasteiger partial charge is 0.287 e. The highest BCUT2D eigenvalue weighted by Crippen LogP contribution is 2.45. The Labute approximate surface area is 127 Å². The van der Waals surface area contributed by atoms with Crippen molar-refractivity contribution < 1.29 is 22.9 Å². The molecule has 1 aromatic carbocycles. The van der Waals surface area contributed by atoms with Gasteiger partial charge in [0.2, 0.25) is 11.4 Å². The highest BCUT2D eigenvalue weighted by Gasteiger charge is 2.46. The zero-order valence-electron chi connectivity index (χ0n) is 11.2. The molecule has 1 saturated carbocycles. The molecule has 22 heavy (non-hydrogen) atoms. The minimum atomic E-state index is -1.27. The largest absolute Gasteiger partial charge is 0.351 e. The van der Waals surface area contributed by atoms with Crippen LogP contribution in [0.5, 0.6) is 0 Å². The van der Waals surface area contributed by atoms with Crippen molar-refractivity contribution in [2.75, 3.05) is 4.90 Å². The van der Waals surface area contributed by atoms with Crippen LogP contribution in [0.2, 0.25) is 0 Å². The van der Waals surface area contributed by atoms with Crippen molar-refractivity contribution in [1.82, 2.24) is 5.16 Å². The van der Waals surface area contributed by atoms with E-state index in [2.05, 4.69) is 5.16 Å². The van der Waals surface area contributed by atoms with Gasteiger partial charge in [-0.05, 0) is 18.9 Å². The molecule has 0 bridgehead atoms. The molecule has 0 N–H and O–H groups in total. The lowest BCUT2D eigenvalue weighted by atomic mass is 10.1. The molecule has 0 unspecified atom stereocenters. The Balaban J connectivity index is 1.91. The van der Waals surface area contributed by atoms with Gasteiger partial charge in [0, 0.05) is 5.25 Å². The quantitative estimate of drug-likeness (QED) is 0.791.